The van der Waals surface area contributed by atoms with E-state index in [1.807, 2.05) is 18.7 Å². The van der Waals surface area contributed by atoms with E-state index < -0.39 is 0 Å². The summed E-state index contributed by atoms with van der Waals surface area (Å²) in [6.45, 7) is 5.10. The molecule has 0 bridgehead atoms. The molecule has 70 valence electrons. The molecule has 0 aromatic rings. The Bertz CT molecular complexity index is 131. The van der Waals surface area contributed by atoms with E-state index in [4.69, 9.17) is 5.26 Å². The van der Waals surface area contributed by atoms with Crippen molar-refractivity contribution in [3.8, 4) is 6.07 Å². The second kappa shape index (κ2) is 8.89. The summed E-state index contributed by atoms with van der Waals surface area (Å²) in [4.78, 5) is 0. The molecule has 0 aliphatic rings. The Morgan fingerprint density at radius 1 is 1.42 bits per heavy atom. The Morgan fingerprint density at radius 3 is 2.67 bits per heavy atom. The van der Waals surface area contributed by atoms with Crippen LogP contribution >= 0.6 is 11.8 Å². The predicted octanol–water partition coefficient (Wildman–Crippen LogP) is 2.02. The van der Waals surface area contributed by atoms with E-state index in [9.17, 15) is 0 Å². The van der Waals surface area contributed by atoms with Gasteiger partial charge in [0.05, 0.1) is 12.1 Å². The average Bonchev–Trinajstić information content (AvgIpc) is 2.10. The first-order valence-electron chi connectivity index (χ1n) is 4.55. The van der Waals surface area contributed by atoms with Crippen LogP contribution in [-0.4, -0.2) is 24.1 Å². The number of thioether (sulfide) groups is 1. The van der Waals surface area contributed by atoms with E-state index in [0.717, 1.165) is 18.7 Å². The van der Waals surface area contributed by atoms with Gasteiger partial charge in [0.25, 0.3) is 0 Å². The topological polar surface area (TPSA) is 35.8 Å². The Morgan fingerprint density at radius 2 is 2.17 bits per heavy atom. The molecular formula is C9H18N2S. The molecule has 0 aromatic heterocycles. The summed E-state index contributed by atoms with van der Waals surface area (Å²) in [6, 6.07) is 2.31. The number of nitriles is 1. The summed E-state index contributed by atoms with van der Waals surface area (Å²) in [5, 5.41) is 11.8. The predicted molar refractivity (Wildman–Crippen MR) is 55.3 cm³/mol. The summed E-state index contributed by atoms with van der Waals surface area (Å²) in [5.74, 6) is 2.31. The first-order chi connectivity index (χ1) is 5.85. The maximum absolute atomic E-state index is 8.69. The number of nitrogens with one attached hydrogen (secondary N) is 1. The number of nitrogens with zero attached hydrogens (tertiary/aromatic N) is 1. The molecule has 0 radical (unpaired) electrons. The highest BCUT2D eigenvalue weighted by Gasteiger charge is 2.03. The average molecular weight is 186 g/mol. The zero-order valence-electron chi connectivity index (χ0n) is 7.97. The quantitative estimate of drug-likeness (QED) is 0.618. The molecule has 12 heavy (non-hydrogen) atoms. The molecule has 0 rings (SSSR count). The van der Waals surface area contributed by atoms with Crippen LogP contribution < -0.4 is 5.32 Å². The van der Waals surface area contributed by atoms with Crippen LogP contribution in [0.15, 0.2) is 0 Å². The number of rotatable bonds is 7. The van der Waals surface area contributed by atoms with Gasteiger partial charge in [-0.3, -0.25) is 0 Å². The lowest BCUT2D eigenvalue weighted by molar-refractivity contribution is 0.613. The Hall–Kier alpha value is -0.200. The van der Waals surface area contributed by atoms with Gasteiger partial charge in [0.15, 0.2) is 0 Å². The van der Waals surface area contributed by atoms with Gasteiger partial charge in [-0.25, -0.2) is 0 Å². The fourth-order valence-electron chi connectivity index (χ4n) is 0.906. The van der Waals surface area contributed by atoms with E-state index >= 15 is 0 Å². The van der Waals surface area contributed by atoms with E-state index in [2.05, 4.69) is 18.3 Å². The third kappa shape index (κ3) is 6.51. The molecule has 0 heterocycles. The van der Waals surface area contributed by atoms with Gasteiger partial charge in [-0.1, -0.05) is 13.8 Å². The van der Waals surface area contributed by atoms with Crippen molar-refractivity contribution in [3.63, 3.8) is 0 Å². The molecule has 0 aliphatic heterocycles. The number of hydrogen-bond acceptors (Lipinski definition) is 3. The zero-order valence-corrected chi connectivity index (χ0v) is 8.78. The zero-order chi connectivity index (χ0) is 9.23. The Kier molecular flexibility index (Phi) is 8.74. The largest absolute Gasteiger partial charge is 0.302 e. The minimum Gasteiger partial charge on any atom is -0.302 e. The van der Waals surface area contributed by atoms with Crippen LogP contribution in [0.25, 0.3) is 0 Å². The SMILES string of the molecule is CCCSCCC(C#N)NCC. The van der Waals surface area contributed by atoms with Crippen molar-refractivity contribution in [1.82, 2.24) is 5.32 Å². The molecule has 1 unspecified atom stereocenters. The van der Waals surface area contributed by atoms with Crippen LogP contribution in [-0.2, 0) is 0 Å². The molecule has 0 spiro atoms. The number of hydrogen-bond donors (Lipinski definition) is 1. The molecule has 0 amide bonds. The van der Waals surface area contributed by atoms with Crippen LogP contribution in [0.2, 0.25) is 0 Å². The van der Waals surface area contributed by atoms with Gasteiger partial charge in [0.2, 0.25) is 0 Å². The van der Waals surface area contributed by atoms with Gasteiger partial charge >= 0.3 is 0 Å². The van der Waals surface area contributed by atoms with Crippen LogP contribution in [0.1, 0.15) is 26.7 Å². The fourth-order valence-corrected chi connectivity index (χ4v) is 1.80. The third-order valence-corrected chi connectivity index (χ3v) is 2.73. The summed E-state index contributed by atoms with van der Waals surface area (Å²) in [7, 11) is 0. The van der Waals surface area contributed by atoms with Crippen LogP contribution in [0.4, 0.5) is 0 Å². The monoisotopic (exact) mass is 186 g/mol. The van der Waals surface area contributed by atoms with Crippen molar-refractivity contribution in [2.45, 2.75) is 32.7 Å². The van der Waals surface area contributed by atoms with Gasteiger partial charge in [-0.15, -0.1) is 0 Å². The Labute approximate surface area is 79.7 Å². The summed E-state index contributed by atoms with van der Waals surface area (Å²) in [6.07, 6.45) is 2.19. The highest BCUT2D eigenvalue weighted by Crippen LogP contribution is 2.05. The summed E-state index contributed by atoms with van der Waals surface area (Å²) >= 11 is 1.93. The molecule has 0 saturated heterocycles. The van der Waals surface area contributed by atoms with Crippen LogP contribution in [0.5, 0.6) is 0 Å². The molecule has 1 atom stereocenters. The van der Waals surface area contributed by atoms with Gasteiger partial charge in [0, 0.05) is 0 Å². The maximum Gasteiger partial charge on any atom is 0.0960 e. The molecule has 3 heteroatoms. The third-order valence-electron chi connectivity index (χ3n) is 1.51. The molecular weight excluding hydrogens is 168 g/mol. The van der Waals surface area contributed by atoms with E-state index in [1.54, 1.807) is 0 Å². The molecule has 1 N–H and O–H groups in total. The Balaban J connectivity index is 3.27. The van der Waals surface area contributed by atoms with Gasteiger partial charge in [0.1, 0.15) is 0 Å². The second-order valence-electron chi connectivity index (χ2n) is 2.64. The summed E-state index contributed by atoms with van der Waals surface area (Å²) in [5.41, 5.74) is 0. The second-order valence-corrected chi connectivity index (χ2v) is 3.87. The van der Waals surface area contributed by atoms with Gasteiger partial charge in [-0.2, -0.15) is 17.0 Å². The maximum atomic E-state index is 8.69. The van der Waals surface area contributed by atoms with Crippen molar-refractivity contribution in [3.05, 3.63) is 0 Å². The molecule has 0 fully saturated rings. The lowest BCUT2D eigenvalue weighted by Crippen LogP contribution is -2.27. The van der Waals surface area contributed by atoms with E-state index in [1.165, 1.54) is 12.2 Å². The van der Waals surface area contributed by atoms with Crippen molar-refractivity contribution in [2.75, 3.05) is 18.1 Å². The van der Waals surface area contributed by atoms with Gasteiger partial charge < -0.3 is 5.32 Å². The lowest BCUT2D eigenvalue weighted by atomic mass is 10.2. The van der Waals surface area contributed by atoms with Crippen molar-refractivity contribution < 1.29 is 0 Å². The van der Waals surface area contributed by atoms with E-state index in [0.29, 0.717) is 0 Å². The van der Waals surface area contributed by atoms with Crippen LogP contribution in [0.3, 0.4) is 0 Å². The molecule has 0 saturated carbocycles. The normalized spacial score (nSPS) is 12.4. The van der Waals surface area contributed by atoms with Crippen molar-refractivity contribution in [2.24, 2.45) is 0 Å². The standard InChI is InChI=1S/C9H18N2S/c1-3-6-12-7-5-9(8-10)11-4-2/h9,11H,3-7H2,1-2H3. The van der Waals surface area contributed by atoms with E-state index in [-0.39, 0.29) is 6.04 Å². The minimum atomic E-state index is 0.0550. The smallest absolute Gasteiger partial charge is 0.0960 e. The first-order valence-corrected chi connectivity index (χ1v) is 5.71. The van der Waals surface area contributed by atoms with Crippen molar-refractivity contribution >= 4 is 11.8 Å². The van der Waals surface area contributed by atoms with Crippen molar-refractivity contribution in [1.29, 1.82) is 5.26 Å². The highest BCUT2D eigenvalue weighted by atomic mass is 32.2. The lowest BCUT2D eigenvalue weighted by Gasteiger charge is -2.08. The first kappa shape index (κ1) is 11.8. The molecule has 2 nitrogen and oxygen atoms in total. The molecule has 0 aliphatic carbocycles. The minimum absolute atomic E-state index is 0.0550. The highest BCUT2D eigenvalue weighted by molar-refractivity contribution is 7.99. The summed E-state index contributed by atoms with van der Waals surface area (Å²) < 4.78 is 0. The molecule has 0 aromatic carbocycles. The van der Waals surface area contributed by atoms with Crippen LogP contribution in [0, 0.1) is 11.3 Å². The van der Waals surface area contributed by atoms with Gasteiger partial charge in [-0.05, 0) is 30.9 Å². The fraction of sp³-hybridized carbons (Fsp3) is 0.889.